The molecule has 2 atom stereocenters. The second-order valence-electron chi connectivity index (χ2n) is 2.49. The Morgan fingerprint density at radius 2 is 2.45 bits per heavy atom. The summed E-state index contributed by atoms with van der Waals surface area (Å²) in [5.41, 5.74) is 0. The van der Waals surface area contributed by atoms with Gasteiger partial charge in [0.05, 0.1) is 19.8 Å². The van der Waals surface area contributed by atoms with Crippen molar-refractivity contribution in [1.29, 1.82) is 0 Å². The van der Waals surface area contributed by atoms with E-state index in [0.29, 0.717) is 6.61 Å². The second kappa shape index (κ2) is 4.66. The van der Waals surface area contributed by atoms with Crippen molar-refractivity contribution in [2.75, 3.05) is 26.9 Å². The van der Waals surface area contributed by atoms with Crippen molar-refractivity contribution in [2.45, 2.75) is 18.8 Å². The third kappa shape index (κ3) is 2.75. The largest absolute Gasteiger partial charge is 0.394 e. The summed E-state index contributed by atoms with van der Waals surface area (Å²) in [4.78, 5) is 0. The van der Waals surface area contributed by atoms with Crippen molar-refractivity contribution in [1.82, 2.24) is 0 Å². The Bertz CT molecular complexity index is 103. The molecule has 0 amide bonds. The Hall–Kier alpha value is -0.160. The van der Waals surface area contributed by atoms with Gasteiger partial charge in [0.2, 0.25) is 0 Å². The van der Waals surface area contributed by atoms with E-state index in [9.17, 15) is 0 Å². The van der Waals surface area contributed by atoms with E-state index in [1.165, 1.54) is 0 Å². The van der Waals surface area contributed by atoms with Gasteiger partial charge < -0.3 is 19.3 Å². The van der Waals surface area contributed by atoms with Crippen LogP contribution in [0.15, 0.2) is 0 Å². The van der Waals surface area contributed by atoms with Crippen molar-refractivity contribution < 1.29 is 19.3 Å². The Labute approximate surface area is 66.1 Å². The molecule has 4 heteroatoms. The molecule has 1 rings (SSSR count). The molecule has 0 aromatic heterocycles. The highest BCUT2D eigenvalue weighted by molar-refractivity contribution is 4.60. The minimum Gasteiger partial charge on any atom is -0.394 e. The van der Waals surface area contributed by atoms with E-state index in [2.05, 4.69) is 0 Å². The van der Waals surface area contributed by atoms with E-state index >= 15 is 0 Å². The lowest BCUT2D eigenvalue weighted by atomic mass is 10.3. The fourth-order valence-corrected chi connectivity index (χ4v) is 0.857. The van der Waals surface area contributed by atoms with Crippen LogP contribution in [0.1, 0.15) is 6.42 Å². The monoisotopic (exact) mass is 162 g/mol. The van der Waals surface area contributed by atoms with Crippen LogP contribution in [0.25, 0.3) is 0 Å². The number of hydrogen-bond donors (Lipinski definition) is 1. The van der Waals surface area contributed by atoms with Crippen LogP contribution in [0, 0.1) is 0 Å². The molecule has 0 aliphatic carbocycles. The zero-order chi connectivity index (χ0) is 8.10. The van der Waals surface area contributed by atoms with Crippen molar-refractivity contribution in [3.8, 4) is 0 Å². The molecule has 0 saturated carbocycles. The maximum absolute atomic E-state index is 8.77. The minimum atomic E-state index is -0.245. The first-order valence-electron chi connectivity index (χ1n) is 3.73. The van der Waals surface area contributed by atoms with Gasteiger partial charge >= 0.3 is 0 Å². The van der Waals surface area contributed by atoms with E-state index in [4.69, 9.17) is 19.3 Å². The van der Waals surface area contributed by atoms with Crippen LogP contribution in [-0.4, -0.2) is 44.4 Å². The fraction of sp³-hybridized carbons (Fsp3) is 1.00. The predicted octanol–water partition coefficient (Wildman–Crippen LogP) is -0.243. The van der Waals surface area contributed by atoms with E-state index in [1.807, 2.05) is 0 Å². The van der Waals surface area contributed by atoms with Gasteiger partial charge in [-0.05, 0) is 0 Å². The van der Waals surface area contributed by atoms with E-state index in [1.54, 1.807) is 7.11 Å². The topological polar surface area (TPSA) is 47.9 Å². The maximum Gasteiger partial charge on any atom is 0.160 e. The molecule has 4 nitrogen and oxygen atoms in total. The lowest BCUT2D eigenvalue weighted by Gasteiger charge is -2.29. The van der Waals surface area contributed by atoms with Crippen LogP contribution >= 0.6 is 0 Å². The quantitative estimate of drug-likeness (QED) is 0.606. The SMILES string of the molecule is COCC(CO)OC1CCO1. The summed E-state index contributed by atoms with van der Waals surface area (Å²) >= 11 is 0. The molecule has 0 aromatic carbocycles. The highest BCUT2D eigenvalue weighted by Crippen LogP contribution is 2.14. The van der Waals surface area contributed by atoms with E-state index < -0.39 is 0 Å². The fourth-order valence-electron chi connectivity index (χ4n) is 0.857. The first kappa shape index (κ1) is 8.93. The molecule has 1 saturated heterocycles. The average molecular weight is 162 g/mol. The standard InChI is InChI=1S/C7H14O4/c1-9-5-6(4-8)11-7-2-3-10-7/h6-8H,2-5H2,1H3. The van der Waals surface area contributed by atoms with Crippen LogP contribution in [0.4, 0.5) is 0 Å². The Kier molecular flexibility index (Phi) is 3.79. The number of hydrogen-bond acceptors (Lipinski definition) is 4. The lowest BCUT2D eigenvalue weighted by molar-refractivity contribution is -0.246. The van der Waals surface area contributed by atoms with Gasteiger partial charge in [-0.15, -0.1) is 0 Å². The van der Waals surface area contributed by atoms with Gasteiger partial charge in [-0.3, -0.25) is 0 Å². The third-order valence-electron chi connectivity index (χ3n) is 1.56. The first-order valence-corrected chi connectivity index (χ1v) is 3.73. The predicted molar refractivity (Wildman–Crippen MR) is 38.2 cm³/mol. The molecule has 0 spiro atoms. The highest BCUT2D eigenvalue weighted by atomic mass is 16.7. The summed E-state index contributed by atoms with van der Waals surface area (Å²) in [5.74, 6) is 0. The summed E-state index contributed by atoms with van der Waals surface area (Å²) in [7, 11) is 1.58. The average Bonchev–Trinajstić information content (AvgIpc) is 1.94. The summed E-state index contributed by atoms with van der Waals surface area (Å²) in [6.07, 6.45) is 0.549. The van der Waals surface area contributed by atoms with Gasteiger partial charge in [0.25, 0.3) is 0 Å². The molecular weight excluding hydrogens is 148 g/mol. The summed E-state index contributed by atoms with van der Waals surface area (Å²) in [6, 6.07) is 0. The van der Waals surface area contributed by atoms with Gasteiger partial charge in [-0.1, -0.05) is 0 Å². The van der Waals surface area contributed by atoms with Crippen LogP contribution in [0.3, 0.4) is 0 Å². The third-order valence-corrected chi connectivity index (χ3v) is 1.56. The Balaban J connectivity index is 2.08. The molecule has 11 heavy (non-hydrogen) atoms. The van der Waals surface area contributed by atoms with E-state index in [-0.39, 0.29) is 19.0 Å². The number of aliphatic hydroxyl groups excluding tert-OH is 1. The van der Waals surface area contributed by atoms with Gasteiger partial charge in [-0.2, -0.15) is 0 Å². The Morgan fingerprint density at radius 1 is 1.73 bits per heavy atom. The summed E-state index contributed by atoms with van der Waals surface area (Å²) in [5, 5.41) is 8.77. The minimum absolute atomic E-state index is 0.0201. The molecule has 0 radical (unpaired) electrons. The van der Waals surface area contributed by atoms with Crippen LogP contribution in [0.2, 0.25) is 0 Å². The Morgan fingerprint density at radius 3 is 2.82 bits per heavy atom. The number of aliphatic hydroxyl groups is 1. The van der Waals surface area contributed by atoms with Crippen molar-refractivity contribution in [3.63, 3.8) is 0 Å². The highest BCUT2D eigenvalue weighted by Gasteiger charge is 2.22. The summed E-state index contributed by atoms with van der Waals surface area (Å²) < 4.78 is 15.1. The van der Waals surface area contributed by atoms with Gasteiger partial charge in [0.15, 0.2) is 6.29 Å². The van der Waals surface area contributed by atoms with Crippen LogP contribution in [0.5, 0.6) is 0 Å². The first-order chi connectivity index (χ1) is 5.36. The molecule has 1 fully saturated rings. The lowest BCUT2D eigenvalue weighted by Crippen LogP contribution is -2.36. The van der Waals surface area contributed by atoms with E-state index in [0.717, 1.165) is 13.0 Å². The maximum atomic E-state index is 8.77. The zero-order valence-corrected chi connectivity index (χ0v) is 6.66. The molecule has 1 N–H and O–H groups in total. The number of ether oxygens (including phenoxy) is 3. The van der Waals surface area contributed by atoms with Gasteiger partial charge in [-0.25, -0.2) is 0 Å². The molecular formula is C7H14O4. The molecule has 1 aliphatic heterocycles. The van der Waals surface area contributed by atoms with Crippen molar-refractivity contribution >= 4 is 0 Å². The second-order valence-corrected chi connectivity index (χ2v) is 2.49. The zero-order valence-electron chi connectivity index (χ0n) is 6.66. The molecule has 1 aliphatic rings. The van der Waals surface area contributed by atoms with Gasteiger partial charge in [0, 0.05) is 13.5 Å². The van der Waals surface area contributed by atoms with Crippen molar-refractivity contribution in [2.24, 2.45) is 0 Å². The molecule has 1 heterocycles. The van der Waals surface area contributed by atoms with Crippen LogP contribution in [-0.2, 0) is 14.2 Å². The normalized spacial score (nSPS) is 26.2. The summed E-state index contributed by atoms with van der Waals surface area (Å²) in [6.45, 7) is 1.15. The molecule has 2 unspecified atom stereocenters. The molecule has 0 bridgehead atoms. The van der Waals surface area contributed by atoms with Crippen LogP contribution < -0.4 is 0 Å². The number of methoxy groups -OCH3 is 1. The number of rotatable bonds is 5. The van der Waals surface area contributed by atoms with Gasteiger partial charge in [0.1, 0.15) is 6.10 Å². The molecule has 0 aromatic rings. The smallest absolute Gasteiger partial charge is 0.160 e. The molecule has 66 valence electrons. The van der Waals surface area contributed by atoms with Crippen molar-refractivity contribution in [3.05, 3.63) is 0 Å².